The van der Waals surface area contributed by atoms with Crippen molar-refractivity contribution in [3.05, 3.63) is 29.8 Å². The van der Waals surface area contributed by atoms with Crippen LogP contribution < -0.4 is 10.5 Å². The Kier molecular flexibility index (Phi) is 3.82. The van der Waals surface area contributed by atoms with Gasteiger partial charge in [-0.3, -0.25) is 0 Å². The van der Waals surface area contributed by atoms with Gasteiger partial charge in [0.2, 0.25) is 0 Å². The molecule has 1 fully saturated rings. The Morgan fingerprint density at radius 1 is 1.24 bits per heavy atom. The van der Waals surface area contributed by atoms with Crippen molar-refractivity contribution < 1.29 is 23.0 Å². The topological polar surface area (TPSA) is 61.5 Å². The summed E-state index contributed by atoms with van der Waals surface area (Å²) in [7, 11) is 0. The second-order valence-corrected chi connectivity index (χ2v) is 6.42. The highest BCUT2D eigenvalue weighted by Crippen LogP contribution is 2.50. The fraction of sp³-hybridized carbons (Fsp3) is 0.533. The number of nitrogens with two attached hydrogens (primary N) is 1. The fourth-order valence-electron chi connectivity index (χ4n) is 2.59. The predicted octanol–water partition coefficient (Wildman–Crippen LogP) is 3.39. The van der Waals surface area contributed by atoms with E-state index >= 15 is 0 Å². The van der Waals surface area contributed by atoms with Gasteiger partial charge < -0.3 is 15.2 Å². The molecular weight excluding hydrogens is 280 g/mol. The van der Waals surface area contributed by atoms with Crippen LogP contribution in [0.1, 0.15) is 33.6 Å². The Balaban J connectivity index is 2.05. The van der Waals surface area contributed by atoms with E-state index in [1.165, 1.54) is 0 Å². The lowest BCUT2D eigenvalue weighted by molar-refractivity contribution is -0.165. The lowest BCUT2D eigenvalue weighted by Gasteiger charge is -2.53. The van der Waals surface area contributed by atoms with Crippen molar-refractivity contribution in [2.75, 3.05) is 0 Å². The first kappa shape index (κ1) is 15.5. The molecule has 1 saturated carbocycles. The summed E-state index contributed by atoms with van der Waals surface area (Å²) in [5.41, 5.74) is 4.10. The SMILES string of the molecule is CC(C)(C)C1(OC(N)=O)CC(Oc2cc(F)cc(F)c2)C1. The average Bonchev–Trinajstić information content (AvgIpc) is 2.21. The highest BCUT2D eigenvalue weighted by atomic mass is 19.1. The summed E-state index contributed by atoms with van der Waals surface area (Å²) in [6, 6.07) is 3.02. The number of benzene rings is 1. The van der Waals surface area contributed by atoms with Crippen LogP contribution in [-0.2, 0) is 4.74 Å². The van der Waals surface area contributed by atoms with Crippen molar-refractivity contribution >= 4 is 6.09 Å². The quantitative estimate of drug-likeness (QED) is 0.930. The van der Waals surface area contributed by atoms with E-state index in [-0.39, 0.29) is 17.3 Å². The number of hydrogen-bond acceptors (Lipinski definition) is 3. The first-order valence-corrected chi connectivity index (χ1v) is 6.72. The molecule has 1 aromatic rings. The Labute approximate surface area is 122 Å². The Hall–Kier alpha value is -1.85. The molecule has 21 heavy (non-hydrogen) atoms. The van der Waals surface area contributed by atoms with Crippen molar-refractivity contribution in [2.45, 2.75) is 45.3 Å². The Bertz CT molecular complexity index is 528. The maximum Gasteiger partial charge on any atom is 0.405 e. The minimum Gasteiger partial charge on any atom is -0.490 e. The number of carbonyl (C=O) groups is 1. The number of carbonyl (C=O) groups excluding carboxylic acids is 1. The minimum atomic E-state index is -0.833. The van der Waals surface area contributed by atoms with Gasteiger partial charge in [-0.15, -0.1) is 0 Å². The minimum absolute atomic E-state index is 0.124. The summed E-state index contributed by atoms with van der Waals surface area (Å²) < 4.78 is 37.0. The van der Waals surface area contributed by atoms with Crippen LogP contribution in [0.25, 0.3) is 0 Å². The Morgan fingerprint density at radius 3 is 2.19 bits per heavy atom. The fourth-order valence-corrected chi connectivity index (χ4v) is 2.59. The largest absolute Gasteiger partial charge is 0.490 e. The second kappa shape index (κ2) is 5.16. The Morgan fingerprint density at radius 2 is 1.76 bits per heavy atom. The van der Waals surface area contributed by atoms with Gasteiger partial charge in [-0.2, -0.15) is 0 Å². The predicted molar refractivity (Wildman–Crippen MR) is 72.9 cm³/mol. The maximum absolute atomic E-state index is 13.1. The van der Waals surface area contributed by atoms with Crippen LogP contribution in [-0.4, -0.2) is 17.8 Å². The maximum atomic E-state index is 13.1. The van der Waals surface area contributed by atoms with E-state index in [9.17, 15) is 13.6 Å². The van der Waals surface area contributed by atoms with E-state index < -0.39 is 23.3 Å². The molecule has 0 radical (unpaired) electrons. The first-order valence-electron chi connectivity index (χ1n) is 6.72. The lowest BCUT2D eigenvalue weighted by atomic mass is 9.62. The molecule has 6 heteroatoms. The third-order valence-electron chi connectivity index (χ3n) is 3.92. The normalized spacial score (nSPS) is 25.1. The summed E-state index contributed by atoms with van der Waals surface area (Å²) in [6.07, 6.45) is -0.250. The molecule has 0 heterocycles. The molecule has 0 atom stereocenters. The van der Waals surface area contributed by atoms with E-state index in [2.05, 4.69) is 0 Å². The molecule has 116 valence electrons. The number of rotatable bonds is 3. The van der Waals surface area contributed by atoms with E-state index in [4.69, 9.17) is 15.2 Å². The zero-order chi connectivity index (χ0) is 15.8. The molecule has 1 aromatic carbocycles. The van der Waals surface area contributed by atoms with Gasteiger partial charge in [0.1, 0.15) is 29.1 Å². The monoisotopic (exact) mass is 299 g/mol. The molecule has 4 nitrogen and oxygen atoms in total. The van der Waals surface area contributed by atoms with E-state index in [1.54, 1.807) is 0 Å². The van der Waals surface area contributed by atoms with Crippen LogP contribution in [0.2, 0.25) is 0 Å². The van der Waals surface area contributed by atoms with Gasteiger partial charge in [0.25, 0.3) is 0 Å². The van der Waals surface area contributed by atoms with Crippen molar-refractivity contribution in [2.24, 2.45) is 11.1 Å². The number of hydrogen-bond donors (Lipinski definition) is 1. The van der Waals surface area contributed by atoms with Crippen molar-refractivity contribution in [1.29, 1.82) is 0 Å². The van der Waals surface area contributed by atoms with Crippen LogP contribution in [0.15, 0.2) is 18.2 Å². The third kappa shape index (κ3) is 3.25. The van der Waals surface area contributed by atoms with Gasteiger partial charge in [-0.1, -0.05) is 20.8 Å². The van der Waals surface area contributed by atoms with Crippen molar-refractivity contribution in [3.8, 4) is 5.75 Å². The first-order chi connectivity index (χ1) is 9.61. The van der Waals surface area contributed by atoms with Gasteiger partial charge in [-0.05, 0) is 0 Å². The number of halogens is 2. The molecule has 2 rings (SSSR count). The summed E-state index contributed by atoms with van der Waals surface area (Å²) in [5.74, 6) is -1.27. The molecule has 0 saturated heterocycles. The second-order valence-electron chi connectivity index (χ2n) is 6.42. The standard InChI is InChI=1S/C15H19F2NO3/c1-14(2,3)15(21-13(18)19)7-12(8-15)20-11-5-9(16)4-10(17)6-11/h4-6,12H,7-8H2,1-3H3,(H2,18,19). The van der Waals surface area contributed by atoms with Crippen LogP contribution >= 0.6 is 0 Å². The molecule has 0 unspecified atom stereocenters. The van der Waals surface area contributed by atoms with Gasteiger partial charge in [-0.25, -0.2) is 13.6 Å². The van der Waals surface area contributed by atoms with Gasteiger partial charge in [0.15, 0.2) is 0 Å². The zero-order valence-electron chi connectivity index (χ0n) is 12.3. The average molecular weight is 299 g/mol. The molecule has 1 aliphatic rings. The summed E-state index contributed by atoms with van der Waals surface area (Å²) in [6.45, 7) is 5.82. The highest BCUT2D eigenvalue weighted by Gasteiger charge is 2.56. The summed E-state index contributed by atoms with van der Waals surface area (Å²) in [5, 5.41) is 0. The lowest BCUT2D eigenvalue weighted by Crippen LogP contribution is -2.60. The summed E-state index contributed by atoms with van der Waals surface area (Å²) in [4.78, 5) is 11.1. The molecule has 0 aromatic heterocycles. The molecule has 2 N–H and O–H groups in total. The third-order valence-corrected chi connectivity index (χ3v) is 3.92. The van der Waals surface area contributed by atoms with E-state index in [0.29, 0.717) is 12.8 Å². The molecule has 1 aliphatic carbocycles. The van der Waals surface area contributed by atoms with E-state index in [1.807, 2.05) is 20.8 Å². The van der Waals surface area contributed by atoms with Gasteiger partial charge in [0.05, 0.1) is 0 Å². The molecular formula is C15H19F2NO3. The summed E-state index contributed by atoms with van der Waals surface area (Å²) >= 11 is 0. The molecule has 0 bridgehead atoms. The van der Waals surface area contributed by atoms with Crippen molar-refractivity contribution in [3.63, 3.8) is 0 Å². The van der Waals surface area contributed by atoms with Crippen LogP contribution in [0.4, 0.5) is 13.6 Å². The molecule has 0 aliphatic heterocycles. The molecule has 1 amide bonds. The van der Waals surface area contributed by atoms with Crippen LogP contribution in [0.5, 0.6) is 5.75 Å². The van der Waals surface area contributed by atoms with Crippen LogP contribution in [0, 0.1) is 17.0 Å². The van der Waals surface area contributed by atoms with E-state index in [0.717, 1.165) is 18.2 Å². The highest BCUT2D eigenvalue weighted by molar-refractivity contribution is 5.65. The smallest absolute Gasteiger partial charge is 0.405 e. The number of ether oxygens (including phenoxy) is 2. The van der Waals surface area contributed by atoms with Crippen LogP contribution in [0.3, 0.4) is 0 Å². The number of amides is 1. The van der Waals surface area contributed by atoms with Gasteiger partial charge >= 0.3 is 6.09 Å². The van der Waals surface area contributed by atoms with Crippen molar-refractivity contribution in [1.82, 2.24) is 0 Å². The molecule has 0 spiro atoms. The zero-order valence-corrected chi connectivity index (χ0v) is 12.3. The number of primary amides is 1. The van der Waals surface area contributed by atoms with Gasteiger partial charge in [0, 0.05) is 36.5 Å².